The number of benzene rings is 2. The molecule has 2 aromatic carbocycles. The fourth-order valence-corrected chi connectivity index (χ4v) is 2.25. The maximum atomic E-state index is 12.2. The Morgan fingerprint density at radius 1 is 1.16 bits per heavy atom. The van der Waals surface area contributed by atoms with Gasteiger partial charge in [0.2, 0.25) is 0 Å². The zero-order chi connectivity index (χ0) is 18.6. The first-order valence-corrected chi connectivity index (χ1v) is 7.98. The number of anilines is 2. The summed E-state index contributed by atoms with van der Waals surface area (Å²) in [7, 11) is 1.47. The molecule has 0 aliphatic heterocycles. The van der Waals surface area contributed by atoms with E-state index in [1.807, 2.05) is 0 Å². The molecule has 0 aliphatic carbocycles. The molecule has 1 unspecified atom stereocenters. The van der Waals surface area contributed by atoms with Crippen LogP contribution < -0.4 is 15.8 Å². The molecular weight excluding hydrogens is 367 g/mol. The normalized spacial score (nSPS) is 11.5. The lowest BCUT2D eigenvalue weighted by atomic mass is 10.2. The minimum Gasteiger partial charge on any atom is -0.495 e. The molecule has 0 radical (unpaired) electrons. The Kier molecular flexibility index (Phi) is 6.12. The van der Waals surface area contributed by atoms with E-state index in [-0.39, 0.29) is 11.3 Å². The van der Waals surface area contributed by atoms with Gasteiger partial charge in [0.05, 0.1) is 29.1 Å². The van der Waals surface area contributed by atoms with Crippen LogP contribution in [0.2, 0.25) is 10.0 Å². The SMILES string of the molecule is COc1ccc(Cl)cc1NC(=O)C(C)OC(=O)c1ccc(Cl)c(N)c1. The summed E-state index contributed by atoms with van der Waals surface area (Å²) < 4.78 is 10.3. The third-order valence-corrected chi connectivity index (χ3v) is 3.88. The fraction of sp³-hybridized carbons (Fsp3) is 0.176. The smallest absolute Gasteiger partial charge is 0.338 e. The molecule has 0 heterocycles. The van der Waals surface area contributed by atoms with Crippen molar-refractivity contribution >= 4 is 46.5 Å². The molecule has 0 saturated carbocycles. The number of ether oxygens (including phenoxy) is 2. The van der Waals surface area contributed by atoms with Gasteiger partial charge in [-0.25, -0.2) is 4.79 Å². The standard InChI is InChI=1S/C17H16Cl2N2O4/c1-9(25-17(23)10-3-5-12(19)13(20)7-10)16(22)21-14-8-11(18)4-6-15(14)24-2/h3-9H,20H2,1-2H3,(H,21,22). The van der Waals surface area contributed by atoms with Crippen LogP contribution in [-0.4, -0.2) is 25.1 Å². The fourth-order valence-electron chi connectivity index (χ4n) is 1.97. The number of rotatable bonds is 5. The van der Waals surface area contributed by atoms with Crippen LogP contribution in [0.25, 0.3) is 0 Å². The van der Waals surface area contributed by atoms with Gasteiger partial charge in [-0.2, -0.15) is 0 Å². The predicted octanol–water partition coefficient (Wildman–Crippen LogP) is 3.77. The summed E-state index contributed by atoms with van der Waals surface area (Å²) in [4.78, 5) is 24.4. The van der Waals surface area contributed by atoms with Gasteiger partial charge in [-0.3, -0.25) is 4.79 Å². The number of esters is 1. The highest BCUT2D eigenvalue weighted by Crippen LogP contribution is 2.28. The molecule has 1 amide bonds. The summed E-state index contributed by atoms with van der Waals surface area (Å²) in [5, 5.41) is 3.37. The van der Waals surface area contributed by atoms with E-state index in [0.29, 0.717) is 21.5 Å². The lowest BCUT2D eigenvalue weighted by Gasteiger charge is -2.15. The predicted molar refractivity (Wildman–Crippen MR) is 97.4 cm³/mol. The van der Waals surface area contributed by atoms with Crippen LogP contribution in [0.5, 0.6) is 5.75 Å². The Morgan fingerprint density at radius 2 is 1.88 bits per heavy atom. The summed E-state index contributed by atoms with van der Waals surface area (Å²) in [5.41, 5.74) is 6.47. The van der Waals surface area contributed by atoms with Crippen molar-refractivity contribution in [1.82, 2.24) is 0 Å². The van der Waals surface area contributed by atoms with E-state index < -0.39 is 18.0 Å². The topological polar surface area (TPSA) is 90.6 Å². The highest BCUT2D eigenvalue weighted by atomic mass is 35.5. The van der Waals surface area contributed by atoms with Crippen LogP contribution >= 0.6 is 23.2 Å². The molecule has 1 atom stereocenters. The average molecular weight is 383 g/mol. The zero-order valence-electron chi connectivity index (χ0n) is 13.5. The van der Waals surface area contributed by atoms with Crippen LogP contribution in [-0.2, 0) is 9.53 Å². The van der Waals surface area contributed by atoms with Gasteiger partial charge < -0.3 is 20.5 Å². The van der Waals surface area contributed by atoms with E-state index in [2.05, 4.69) is 5.32 Å². The molecule has 0 bridgehead atoms. The van der Waals surface area contributed by atoms with Gasteiger partial charge in [0.1, 0.15) is 5.75 Å². The summed E-state index contributed by atoms with van der Waals surface area (Å²) in [6.07, 6.45) is -1.05. The van der Waals surface area contributed by atoms with Crippen LogP contribution in [0.15, 0.2) is 36.4 Å². The number of carbonyl (C=O) groups excluding carboxylic acids is 2. The molecule has 2 rings (SSSR count). The van der Waals surface area contributed by atoms with Gasteiger partial charge in [-0.15, -0.1) is 0 Å². The highest BCUT2D eigenvalue weighted by Gasteiger charge is 2.20. The molecule has 0 aromatic heterocycles. The third-order valence-electron chi connectivity index (χ3n) is 3.30. The van der Waals surface area contributed by atoms with Crippen molar-refractivity contribution in [3.63, 3.8) is 0 Å². The number of carbonyl (C=O) groups is 2. The van der Waals surface area contributed by atoms with Gasteiger partial charge in [0, 0.05) is 5.02 Å². The molecule has 0 spiro atoms. The number of amides is 1. The number of halogens is 2. The second-order valence-corrected chi connectivity index (χ2v) is 5.96. The molecule has 0 aliphatic rings. The minimum absolute atomic E-state index is 0.196. The highest BCUT2D eigenvalue weighted by molar-refractivity contribution is 6.33. The Morgan fingerprint density at radius 3 is 2.52 bits per heavy atom. The van der Waals surface area contributed by atoms with E-state index in [4.69, 9.17) is 38.4 Å². The van der Waals surface area contributed by atoms with Crippen molar-refractivity contribution in [2.24, 2.45) is 0 Å². The number of hydrogen-bond acceptors (Lipinski definition) is 5. The monoisotopic (exact) mass is 382 g/mol. The summed E-state index contributed by atoms with van der Waals surface area (Å²) >= 11 is 11.7. The summed E-state index contributed by atoms with van der Waals surface area (Å²) in [5.74, 6) is -0.790. The quantitative estimate of drug-likeness (QED) is 0.606. The Balaban J connectivity index is 2.06. The van der Waals surface area contributed by atoms with Crippen LogP contribution in [0.4, 0.5) is 11.4 Å². The second kappa shape index (κ2) is 8.09. The molecule has 8 heteroatoms. The molecule has 6 nitrogen and oxygen atoms in total. The van der Waals surface area contributed by atoms with E-state index in [9.17, 15) is 9.59 Å². The molecule has 0 fully saturated rings. The van der Waals surface area contributed by atoms with Crippen molar-refractivity contribution in [2.75, 3.05) is 18.2 Å². The summed E-state index contributed by atoms with van der Waals surface area (Å²) in [6, 6.07) is 9.11. The molecule has 0 saturated heterocycles. The Labute approximate surface area is 154 Å². The zero-order valence-corrected chi connectivity index (χ0v) is 15.0. The van der Waals surface area contributed by atoms with Gasteiger partial charge in [-0.1, -0.05) is 23.2 Å². The van der Waals surface area contributed by atoms with Gasteiger partial charge in [0.25, 0.3) is 5.91 Å². The first-order chi connectivity index (χ1) is 11.8. The number of methoxy groups -OCH3 is 1. The van der Waals surface area contributed by atoms with E-state index in [1.165, 1.54) is 38.3 Å². The second-order valence-electron chi connectivity index (χ2n) is 5.12. The summed E-state index contributed by atoms with van der Waals surface area (Å²) in [6.45, 7) is 1.45. The lowest BCUT2D eigenvalue weighted by molar-refractivity contribution is -0.123. The molecular formula is C17H16Cl2N2O4. The first kappa shape index (κ1) is 18.9. The number of nitrogens with one attached hydrogen (secondary N) is 1. The number of nitrogen functional groups attached to an aromatic ring is 1. The molecule has 3 N–H and O–H groups in total. The number of hydrogen-bond donors (Lipinski definition) is 2. The van der Waals surface area contributed by atoms with Crippen molar-refractivity contribution in [3.05, 3.63) is 52.0 Å². The van der Waals surface area contributed by atoms with Crippen molar-refractivity contribution in [3.8, 4) is 5.75 Å². The Bertz CT molecular complexity index is 811. The van der Waals surface area contributed by atoms with E-state index in [1.54, 1.807) is 12.1 Å². The van der Waals surface area contributed by atoms with E-state index >= 15 is 0 Å². The first-order valence-electron chi connectivity index (χ1n) is 7.22. The van der Waals surface area contributed by atoms with Gasteiger partial charge in [0.15, 0.2) is 6.10 Å². The van der Waals surface area contributed by atoms with Crippen LogP contribution in [0.3, 0.4) is 0 Å². The van der Waals surface area contributed by atoms with Gasteiger partial charge in [-0.05, 0) is 43.3 Å². The van der Waals surface area contributed by atoms with Crippen molar-refractivity contribution < 1.29 is 19.1 Å². The lowest BCUT2D eigenvalue weighted by Crippen LogP contribution is -2.30. The minimum atomic E-state index is -1.05. The molecule has 25 heavy (non-hydrogen) atoms. The largest absolute Gasteiger partial charge is 0.495 e. The maximum absolute atomic E-state index is 12.2. The average Bonchev–Trinajstić information content (AvgIpc) is 2.57. The van der Waals surface area contributed by atoms with Crippen molar-refractivity contribution in [2.45, 2.75) is 13.0 Å². The van der Waals surface area contributed by atoms with E-state index in [0.717, 1.165) is 0 Å². The third kappa shape index (κ3) is 4.78. The maximum Gasteiger partial charge on any atom is 0.338 e. The van der Waals surface area contributed by atoms with Crippen LogP contribution in [0, 0.1) is 0 Å². The molecule has 132 valence electrons. The number of nitrogens with two attached hydrogens (primary N) is 1. The molecule has 2 aromatic rings. The van der Waals surface area contributed by atoms with Crippen molar-refractivity contribution in [1.29, 1.82) is 0 Å². The Hall–Kier alpha value is -2.44. The van der Waals surface area contributed by atoms with Crippen LogP contribution in [0.1, 0.15) is 17.3 Å². The van der Waals surface area contributed by atoms with Gasteiger partial charge >= 0.3 is 5.97 Å².